The smallest absolute Gasteiger partial charge is 0.316 e. The van der Waals surface area contributed by atoms with Gasteiger partial charge in [0.25, 0.3) is 0 Å². The number of anilines is 1. The third-order valence-electron chi connectivity index (χ3n) is 2.50. The fraction of sp³-hybridized carbons (Fsp3) is 0.0769. The van der Waals surface area contributed by atoms with Gasteiger partial charge in [0, 0.05) is 17.5 Å². The zero-order valence-electron chi connectivity index (χ0n) is 9.97. The Morgan fingerprint density at radius 3 is 2.94 bits per heavy atom. The van der Waals surface area contributed by atoms with Crippen LogP contribution in [0.5, 0.6) is 0 Å². The summed E-state index contributed by atoms with van der Waals surface area (Å²) in [6, 6.07) is 5.00. The van der Waals surface area contributed by atoms with E-state index in [1.54, 1.807) is 12.3 Å². The molecule has 1 heterocycles. The number of carbonyl (C=O) groups excluding carboxylic acids is 1. The largest absolute Gasteiger partial charge is 0.351 e. The van der Waals surface area contributed by atoms with Crippen LogP contribution in [0.3, 0.4) is 0 Å². The van der Waals surface area contributed by atoms with E-state index in [2.05, 4.69) is 15.8 Å². The van der Waals surface area contributed by atoms with Crippen molar-refractivity contribution in [3.63, 3.8) is 0 Å². The summed E-state index contributed by atoms with van der Waals surface area (Å²) in [6.07, 6.45) is 7.38. The molecular formula is C13H14N4O. The van der Waals surface area contributed by atoms with Gasteiger partial charge in [-0.3, -0.25) is 5.43 Å². The number of benzene rings is 1. The highest BCUT2D eigenvalue weighted by Crippen LogP contribution is 2.21. The minimum absolute atomic E-state index is 0.568. The molecule has 0 bridgehead atoms. The molecule has 0 atom stereocenters. The Morgan fingerprint density at radius 2 is 2.22 bits per heavy atom. The van der Waals surface area contributed by atoms with Gasteiger partial charge in [0.1, 0.15) is 0 Å². The summed E-state index contributed by atoms with van der Waals surface area (Å²) in [5, 5.41) is 6.56. The molecule has 1 aliphatic rings. The Kier molecular flexibility index (Phi) is 3.43. The lowest BCUT2D eigenvalue weighted by Crippen LogP contribution is -2.19. The Hall–Kier alpha value is -2.56. The van der Waals surface area contributed by atoms with Crippen molar-refractivity contribution in [2.75, 3.05) is 5.32 Å². The monoisotopic (exact) mass is 242 g/mol. The Labute approximate surface area is 105 Å². The summed E-state index contributed by atoms with van der Waals surface area (Å²) in [4.78, 5) is 10.8. The highest BCUT2D eigenvalue weighted by atomic mass is 16.2. The van der Waals surface area contributed by atoms with Crippen molar-refractivity contribution in [2.24, 2.45) is 10.8 Å². The van der Waals surface area contributed by atoms with E-state index in [9.17, 15) is 4.79 Å². The molecule has 0 fully saturated rings. The second kappa shape index (κ2) is 5.18. The third-order valence-corrected chi connectivity index (χ3v) is 2.50. The van der Waals surface area contributed by atoms with E-state index in [4.69, 9.17) is 5.73 Å². The van der Waals surface area contributed by atoms with Gasteiger partial charge >= 0.3 is 6.03 Å². The number of hydrazone groups is 1. The number of primary amides is 1. The van der Waals surface area contributed by atoms with Gasteiger partial charge in [-0.1, -0.05) is 12.1 Å². The lowest BCUT2D eigenvalue weighted by Gasteiger charge is -2.11. The number of urea groups is 1. The molecule has 2 amide bonds. The number of hydrogen-bond donors (Lipinski definition) is 3. The maximum atomic E-state index is 10.8. The molecule has 4 N–H and O–H groups in total. The number of nitrogens with two attached hydrogens (primary N) is 1. The van der Waals surface area contributed by atoms with Crippen molar-refractivity contribution in [1.82, 2.24) is 5.43 Å². The Morgan fingerprint density at radius 1 is 1.39 bits per heavy atom. The fourth-order valence-electron chi connectivity index (χ4n) is 1.72. The van der Waals surface area contributed by atoms with Gasteiger partial charge in [0.15, 0.2) is 0 Å². The molecule has 5 nitrogen and oxygen atoms in total. The standard InChI is InChI=1S/C13H14N4O/c1-9-8-10(16-13(14)18)5-6-11(9)12-4-2-3-7-15-17-12/h2-8,17H,1H3,(H3,14,16,18). The third kappa shape index (κ3) is 2.76. The number of rotatable bonds is 2. The van der Waals surface area contributed by atoms with Crippen LogP contribution in [-0.4, -0.2) is 12.2 Å². The summed E-state index contributed by atoms with van der Waals surface area (Å²) in [6.45, 7) is 1.96. The average Bonchev–Trinajstić information content (AvgIpc) is 2.57. The van der Waals surface area contributed by atoms with Crippen molar-refractivity contribution in [2.45, 2.75) is 6.92 Å². The van der Waals surface area contributed by atoms with Crippen LogP contribution in [0.1, 0.15) is 11.1 Å². The molecule has 92 valence electrons. The molecule has 1 aromatic rings. The first-order valence-electron chi connectivity index (χ1n) is 5.50. The van der Waals surface area contributed by atoms with Gasteiger partial charge < -0.3 is 11.1 Å². The van der Waals surface area contributed by atoms with Crippen LogP contribution in [0.25, 0.3) is 5.70 Å². The molecule has 2 rings (SSSR count). The molecule has 18 heavy (non-hydrogen) atoms. The van der Waals surface area contributed by atoms with Gasteiger partial charge in [0.05, 0.1) is 5.70 Å². The van der Waals surface area contributed by atoms with Crippen LogP contribution in [0.15, 0.2) is 41.5 Å². The predicted molar refractivity (Wildman–Crippen MR) is 73.1 cm³/mol. The number of carbonyl (C=O) groups is 1. The van der Waals surface area contributed by atoms with Gasteiger partial charge in [0.2, 0.25) is 0 Å². The Balaban J connectivity index is 2.29. The number of nitrogens with one attached hydrogen (secondary N) is 2. The van der Waals surface area contributed by atoms with Gasteiger partial charge in [-0.25, -0.2) is 4.79 Å². The summed E-state index contributed by atoms with van der Waals surface area (Å²) < 4.78 is 0. The lowest BCUT2D eigenvalue weighted by atomic mass is 10.0. The maximum absolute atomic E-state index is 10.8. The van der Waals surface area contributed by atoms with Crippen molar-refractivity contribution < 1.29 is 4.79 Å². The van der Waals surface area contributed by atoms with Crippen LogP contribution in [-0.2, 0) is 0 Å². The van der Waals surface area contributed by atoms with Gasteiger partial charge in [-0.05, 0) is 36.8 Å². The van der Waals surface area contributed by atoms with E-state index in [-0.39, 0.29) is 0 Å². The first-order chi connectivity index (χ1) is 8.66. The van der Waals surface area contributed by atoms with E-state index in [0.29, 0.717) is 5.69 Å². The predicted octanol–water partition coefficient (Wildman–Crippen LogP) is 1.97. The molecule has 0 aliphatic carbocycles. The SMILES string of the molecule is Cc1cc(NC(N)=O)ccc1C1=CC=CC=NN1. The van der Waals surface area contributed by atoms with E-state index in [0.717, 1.165) is 16.8 Å². The summed E-state index contributed by atoms with van der Waals surface area (Å²) in [5.41, 5.74) is 11.7. The molecule has 0 aromatic heterocycles. The zero-order valence-corrected chi connectivity index (χ0v) is 9.97. The first-order valence-corrected chi connectivity index (χ1v) is 5.50. The molecule has 0 radical (unpaired) electrons. The zero-order chi connectivity index (χ0) is 13.0. The maximum Gasteiger partial charge on any atom is 0.316 e. The number of aryl methyl sites for hydroxylation is 1. The quantitative estimate of drug-likeness (QED) is 0.741. The number of hydrogen-bond acceptors (Lipinski definition) is 3. The molecule has 1 aromatic carbocycles. The van der Waals surface area contributed by atoms with Crippen molar-refractivity contribution in [3.8, 4) is 0 Å². The van der Waals surface area contributed by atoms with E-state index >= 15 is 0 Å². The fourth-order valence-corrected chi connectivity index (χ4v) is 1.72. The first kappa shape index (κ1) is 11.9. The summed E-state index contributed by atoms with van der Waals surface area (Å²) >= 11 is 0. The van der Waals surface area contributed by atoms with Crippen LogP contribution in [0, 0.1) is 6.92 Å². The van der Waals surface area contributed by atoms with E-state index in [1.807, 2.05) is 37.3 Å². The molecular weight excluding hydrogens is 228 g/mol. The van der Waals surface area contributed by atoms with Crippen LogP contribution < -0.4 is 16.5 Å². The summed E-state index contributed by atoms with van der Waals surface area (Å²) in [5.74, 6) is 0. The van der Waals surface area contributed by atoms with E-state index in [1.165, 1.54) is 0 Å². The highest BCUT2D eigenvalue weighted by Gasteiger charge is 2.06. The number of allylic oxidation sites excluding steroid dienone is 3. The minimum Gasteiger partial charge on any atom is -0.351 e. The summed E-state index contributed by atoms with van der Waals surface area (Å²) in [7, 11) is 0. The lowest BCUT2D eigenvalue weighted by molar-refractivity contribution is 0.259. The molecule has 5 heteroatoms. The highest BCUT2D eigenvalue weighted by molar-refractivity contribution is 5.88. The van der Waals surface area contributed by atoms with Crippen molar-refractivity contribution in [1.29, 1.82) is 0 Å². The molecule has 0 unspecified atom stereocenters. The average molecular weight is 242 g/mol. The molecule has 0 saturated carbocycles. The van der Waals surface area contributed by atoms with Crippen molar-refractivity contribution in [3.05, 3.63) is 47.6 Å². The van der Waals surface area contributed by atoms with Crippen LogP contribution in [0.2, 0.25) is 0 Å². The molecule has 0 saturated heterocycles. The molecule has 0 spiro atoms. The van der Waals surface area contributed by atoms with Gasteiger partial charge in [-0.15, -0.1) is 0 Å². The second-order valence-corrected chi connectivity index (χ2v) is 3.87. The minimum atomic E-state index is -0.568. The van der Waals surface area contributed by atoms with Crippen LogP contribution in [0.4, 0.5) is 10.5 Å². The Bertz CT molecular complexity index is 558. The van der Waals surface area contributed by atoms with E-state index < -0.39 is 6.03 Å². The van der Waals surface area contributed by atoms with Gasteiger partial charge in [-0.2, -0.15) is 5.10 Å². The second-order valence-electron chi connectivity index (χ2n) is 3.87. The normalized spacial score (nSPS) is 13.5. The molecule has 1 aliphatic heterocycles. The van der Waals surface area contributed by atoms with Crippen molar-refractivity contribution >= 4 is 23.6 Å². The van der Waals surface area contributed by atoms with Crippen LogP contribution >= 0.6 is 0 Å². The number of nitrogens with zero attached hydrogens (tertiary/aromatic N) is 1. The topological polar surface area (TPSA) is 79.5 Å². The number of amides is 2.